The van der Waals surface area contributed by atoms with E-state index in [9.17, 15) is 4.79 Å². The number of hydrogen-bond acceptors (Lipinski definition) is 7. The molecule has 0 unspecified atom stereocenters. The highest BCUT2D eigenvalue weighted by Gasteiger charge is 2.13. The Morgan fingerprint density at radius 1 is 1.07 bits per heavy atom. The molecule has 29 heavy (non-hydrogen) atoms. The topological polar surface area (TPSA) is 75.0 Å². The number of ether oxygens (including phenoxy) is 3. The predicted octanol–water partition coefficient (Wildman–Crippen LogP) is 2.78. The van der Waals surface area contributed by atoms with Gasteiger partial charge in [0, 0.05) is 11.1 Å². The summed E-state index contributed by atoms with van der Waals surface area (Å²) >= 11 is 1.28. The molecule has 2 aromatic heterocycles. The van der Waals surface area contributed by atoms with Gasteiger partial charge in [-0.3, -0.25) is 4.79 Å². The van der Waals surface area contributed by atoms with Crippen LogP contribution in [-0.4, -0.2) is 35.4 Å². The van der Waals surface area contributed by atoms with Crippen molar-refractivity contribution in [3.05, 3.63) is 62.9 Å². The van der Waals surface area contributed by atoms with Crippen molar-refractivity contribution < 1.29 is 14.2 Å². The molecular weight excluding hydrogens is 390 g/mol. The number of benzene rings is 2. The maximum absolute atomic E-state index is 12.8. The standard InChI is InChI=1S/C21H19N3O4S/c1-4-28-15-7-5-13(6-8-15)19-22-21-24(23-19)20(25)18(29-21)12-14-11-16(26-2)9-10-17(14)27-3/h5-12H,4H2,1-3H3/b18-12+. The van der Waals surface area contributed by atoms with Crippen molar-refractivity contribution in [2.75, 3.05) is 20.8 Å². The van der Waals surface area contributed by atoms with Gasteiger partial charge in [-0.2, -0.15) is 9.50 Å². The zero-order valence-corrected chi connectivity index (χ0v) is 17.0. The number of thiazole rings is 1. The molecule has 0 bridgehead atoms. The Kier molecular flexibility index (Phi) is 5.18. The molecule has 0 aliphatic rings. The molecule has 148 valence electrons. The lowest BCUT2D eigenvalue weighted by molar-refractivity contribution is 0.340. The first-order chi connectivity index (χ1) is 14.1. The Bertz CT molecular complexity index is 1260. The second kappa shape index (κ2) is 7.92. The molecule has 0 amide bonds. The summed E-state index contributed by atoms with van der Waals surface area (Å²) < 4.78 is 17.9. The quantitative estimate of drug-likeness (QED) is 0.488. The Hall–Kier alpha value is -3.39. The summed E-state index contributed by atoms with van der Waals surface area (Å²) in [6.45, 7) is 2.54. The van der Waals surface area contributed by atoms with E-state index in [0.717, 1.165) is 16.9 Å². The summed E-state index contributed by atoms with van der Waals surface area (Å²) in [6, 6.07) is 12.9. The van der Waals surface area contributed by atoms with Crippen molar-refractivity contribution in [2.24, 2.45) is 0 Å². The monoisotopic (exact) mass is 409 g/mol. The van der Waals surface area contributed by atoms with Gasteiger partial charge < -0.3 is 14.2 Å². The van der Waals surface area contributed by atoms with Crippen molar-refractivity contribution in [3.8, 4) is 28.6 Å². The van der Waals surface area contributed by atoms with Crippen LogP contribution in [0.2, 0.25) is 0 Å². The predicted molar refractivity (Wildman–Crippen MR) is 112 cm³/mol. The minimum Gasteiger partial charge on any atom is -0.497 e. The summed E-state index contributed by atoms with van der Waals surface area (Å²) in [4.78, 5) is 17.9. The van der Waals surface area contributed by atoms with Gasteiger partial charge in [0.2, 0.25) is 4.96 Å². The molecule has 0 radical (unpaired) electrons. The van der Waals surface area contributed by atoms with E-state index >= 15 is 0 Å². The third-order valence-electron chi connectivity index (χ3n) is 4.33. The van der Waals surface area contributed by atoms with Crippen LogP contribution in [0.15, 0.2) is 47.3 Å². The Morgan fingerprint density at radius 3 is 2.48 bits per heavy atom. The maximum atomic E-state index is 12.8. The van der Waals surface area contributed by atoms with Crippen LogP contribution in [0.25, 0.3) is 22.4 Å². The highest BCUT2D eigenvalue weighted by molar-refractivity contribution is 7.15. The molecular formula is C21H19N3O4S. The zero-order valence-electron chi connectivity index (χ0n) is 16.2. The van der Waals surface area contributed by atoms with Gasteiger partial charge >= 0.3 is 0 Å². The van der Waals surface area contributed by atoms with Crippen LogP contribution in [0.1, 0.15) is 12.5 Å². The largest absolute Gasteiger partial charge is 0.497 e. The summed E-state index contributed by atoms with van der Waals surface area (Å²) in [7, 11) is 3.18. The van der Waals surface area contributed by atoms with Gasteiger partial charge in [-0.1, -0.05) is 11.3 Å². The summed E-state index contributed by atoms with van der Waals surface area (Å²) in [5.74, 6) is 2.62. The van der Waals surface area contributed by atoms with Crippen LogP contribution in [-0.2, 0) is 0 Å². The van der Waals surface area contributed by atoms with Gasteiger partial charge in [-0.15, -0.1) is 5.10 Å². The highest BCUT2D eigenvalue weighted by atomic mass is 32.1. The zero-order chi connectivity index (χ0) is 20.4. The number of hydrogen-bond donors (Lipinski definition) is 0. The summed E-state index contributed by atoms with van der Waals surface area (Å²) in [6.07, 6.45) is 1.77. The minimum atomic E-state index is -0.223. The molecule has 0 spiro atoms. The second-order valence-electron chi connectivity index (χ2n) is 6.11. The van der Waals surface area contributed by atoms with Gasteiger partial charge in [0.05, 0.1) is 25.4 Å². The summed E-state index contributed by atoms with van der Waals surface area (Å²) in [5.41, 5.74) is 1.35. The van der Waals surface area contributed by atoms with Crippen LogP contribution in [0.3, 0.4) is 0 Å². The molecule has 4 aromatic rings. The number of rotatable bonds is 6. The molecule has 0 aliphatic heterocycles. The molecule has 8 heteroatoms. The molecule has 0 aliphatic carbocycles. The van der Waals surface area contributed by atoms with Crippen molar-refractivity contribution in [2.45, 2.75) is 6.92 Å². The molecule has 0 fully saturated rings. The summed E-state index contributed by atoms with van der Waals surface area (Å²) in [5, 5.41) is 4.38. The van der Waals surface area contributed by atoms with Crippen LogP contribution in [0.4, 0.5) is 0 Å². The number of fused-ring (bicyclic) bond motifs is 1. The molecule has 7 nitrogen and oxygen atoms in total. The molecule has 0 saturated heterocycles. The third-order valence-corrected chi connectivity index (χ3v) is 5.29. The second-order valence-corrected chi connectivity index (χ2v) is 7.12. The van der Waals surface area contributed by atoms with Crippen molar-refractivity contribution in [1.29, 1.82) is 0 Å². The van der Waals surface area contributed by atoms with Gasteiger partial charge in [0.15, 0.2) is 5.82 Å². The maximum Gasteiger partial charge on any atom is 0.291 e. The fraction of sp³-hybridized carbons (Fsp3) is 0.190. The van der Waals surface area contributed by atoms with E-state index in [1.807, 2.05) is 37.3 Å². The van der Waals surface area contributed by atoms with Crippen LogP contribution >= 0.6 is 11.3 Å². The third kappa shape index (κ3) is 3.66. The molecule has 2 heterocycles. The minimum absolute atomic E-state index is 0.223. The molecule has 4 rings (SSSR count). The van der Waals surface area contributed by atoms with E-state index in [1.165, 1.54) is 15.9 Å². The lowest BCUT2D eigenvalue weighted by Crippen LogP contribution is -2.23. The van der Waals surface area contributed by atoms with E-state index in [2.05, 4.69) is 10.1 Å². The SMILES string of the molecule is CCOc1ccc(-c2nc3s/c(=C/c4cc(OC)ccc4OC)c(=O)n3n2)cc1. The average Bonchev–Trinajstić information content (AvgIpc) is 3.28. The number of aromatic nitrogens is 3. The van der Waals surface area contributed by atoms with E-state index in [0.29, 0.717) is 33.4 Å². The van der Waals surface area contributed by atoms with E-state index in [4.69, 9.17) is 14.2 Å². The Balaban J connectivity index is 1.74. The highest BCUT2D eigenvalue weighted by Crippen LogP contribution is 2.25. The first-order valence-corrected chi connectivity index (χ1v) is 9.81. The van der Waals surface area contributed by atoms with Crippen molar-refractivity contribution >= 4 is 22.4 Å². The molecule has 0 N–H and O–H groups in total. The lowest BCUT2D eigenvalue weighted by atomic mass is 10.2. The van der Waals surface area contributed by atoms with E-state index in [-0.39, 0.29) is 5.56 Å². The van der Waals surface area contributed by atoms with Crippen LogP contribution < -0.4 is 24.3 Å². The Labute approximate surface area is 170 Å². The number of methoxy groups -OCH3 is 2. The smallest absolute Gasteiger partial charge is 0.291 e. The van der Waals surface area contributed by atoms with Crippen LogP contribution in [0, 0.1) is 0 Å². The van der Waals surface area contributed by atoms with Gasteiger partial charge in [-0.25, -0.2) is 0 Å². The number of nitrogens with zero attached hydrogens (tertiary/aromatic N) is 3. The fourth-order valence-electron chi connectivity index (χ4n) is 2.92. The molecule has 2 aromatic carbocycles. The van der Waals surface area contributed by atoms with Crippen molar-refractivity contribution in [1.82, 2.24) is 14.6 Å². The molecule has 0 atom stereocenters. The van der Waals surface area contributed by atoms with Gasteiger partial charge in [0.1, 0.15) is 17.2 Å². The lowest BCUT2D eigenvalue weighted by Gasteiger charge is -2.06. The van der Waals surface area contributed by atoms with E-state index in [1.54, 1.807) is 32.4 Å². The van der Waals surface area contributed by atoms with Gasteiger partial charge in [0.25, 0.3) is 5.56 Å². The fourth-order valence-corrected chi connectivity index (χ4v) is 3.82. The molecule has 0 saturated carbocycles. The van der Waals surface area contributed by atoms with Crippen molar-refractivity contribution in [3.63, 3.8) is 0 Å². The van der Waals surface area contributed by atoms with Gasteiger partial charge in [-0.05, 0) is 55.5 Å². The normalized spacial score (nSPS) is 11.8. The first-order valence-electron chi connectivity index (χ1n) is 8.99. The Morgan fingerprint density at radius 2 is 1.83 bits per heavy atom. The average molecular weight is 409 g/mol. The first kappa shape index (κ1) is 18.9. The van der Waals surface area contributed by atoms with Crippen LogP contribution in [0.5, 0.6) is 17.2 Å². The van der Waals surface area contributed by atoms with E-state index < -0.39 is 0 Å².